The minimum absolute atomic E-state index is 0.321. The van der Waals surface area contributed by atoms with Crippen LogP contribution in [0.15, 0.2) is 48.5 Å². The molecule has 0 spiro atoms. The quantitative estimate of drug-likeness (QED) is 0.231. The molecule has 3 nitrogen and oxygen atoms in total. The highest BCUT2D eigenvalue weighted by atomic mass is 16.5. The fraction of sp³-hybridized carbons (Fsp3) is 0.519. The summed E-state index contributed by atoms with van der Waals surface area (Å²) >= 11 is 0. The zero-order valence-electron chi connectivity index (χ0n) is 18.6. The van der Waals surface area contributed by atoms with Gasteiger partial charge in [-0.15, -0.1) is 0 Å². The Labute approximate surface area is 181 Å². The highest BCUT2D eigenvalue weighted by Gasteiger charge is 2.22. The molecule has 0 radical (unpaired) electrons. The summed E-state index contributed by atoms with van der Waals surface area (Å²) in [6.45, 7) is 2.28. The van der Waals surface area contributed by atoms with Crippen molar-refractivity contribution in [3.8, 4) is 11.5 Å². The van der Waals surface area contributed by atoms with E-state index in [1.165, 1.54) is 69.8 Å². The van der Waals surface area contributed by atoms with Crippen molar-refractivity contribution in [2.45, 2.75) is 77.0 Å². The van der Waals surface area contributed by atoms with Gasteiger partial charge in [-0.3, -0.25) is 0 Å². The summed E-state index contributed by atoms with van der Waals surface area (Å²) < 4.78 is 10.6. The van der Waals surface area contributed by atoms with Crippen molar-refractivity contribution >= 4 is 5.97 Å². The maximum Gasteiger partial charge on any atom is 0.343 e. The van der Waals surface area contributed by atoms with Crippen LogP contribution in [-0.4, -0.2) is 13.1 Å². The van der Waals surface area contributed by atoms with Crippen molar-refractivity contribution in [2.75, 3.05) is 7.11 Å². The van der Waals surface area contributed by atoms with Crippen LogP contribution < -0.4 is 9.47 Å². The van der Waals surface area contributed by atoms with E-state index < -0.39 is 0 Å². The number of benzene rings is 2. The number of methoxy groups -OCH3 is 1. The minimum Gasteiger partial charge on any atom is -0.497 e. The van der Waals surface area contributed by atoms with Crippen molar-refractivity contribution in [1.29, 1.82) is 0 Å². The van der Waals surface area contributed by atoms with Crippen LogP contribution in [0.25, 0.3) is 0 Å². The van der Waals surface area contributed by atoms with E-state index in [2.05, 4.69) is 19.1 Å². The summed E-state index contributed by atoms with van der Waals surface area (Å²) in [7, 11) is 1.61. The Kier molecular flexibility index (Phi) is 8.80. The van der Waals surface area contributed by atoms with Crippen LogP contribution in [0, 0.1) is 5.92 Å². The number of hydrogen-bond donors (Lipinski definition) is 0. The molecule has 0 heterocycles. The normalized spacial score (nSPS) is 18.7. The number of hydrogen-bond acceptors (Lipinski definition) is 3. The standard InChI is InChI=1S/C27H36O3/c1-3-4-5-6-7-8-21-9-11-22(12-10-21)23-13-15-24(16-14-23)27(28)30-26-19-17-25(29-2)18-20-26/h13-22H,3-12H2,1-2H3. The minimum atomic E-state index is -0.321. The van der Waals surface area contributed by atoms with Gasteiger partial charge in [0, 0.05) is 0 Å². The second kappa shape index (κ2) is 11.8. The van der Waals surface area contributed by atoms with Gasteiger partial charge >= 0.3 is 5.97 Å². The van der Waals surface area contributed by atoms with E-state index in [4.69, 9.17) is 9.47 Å². The molecule has 0 aromatic heterocycles. The Balaban J connectivity index is 1.44. The van der Waals surface area contributed by atoms with Crippen LogP contribution in [-0.2, 0) is 0 Å². The van der Waals surface area contributed by atoms with Crippen LogP contribution >= 0.6 is 0 Å². The smallest absolute Gasteiger partial charge is 0.343 e. The molecule has 0 N–H and O–H groups in total. The van der Waals surface area contributed by atoms with Gasteiger partial charge in [0.1, 0.15) is 11.5 Å². The molecule has 162 valence electrons. The monoisotopic (exact) mass is 408 g/mol. The van der Waals surface area contributed by atoms with Gasteiger partial charge in [-0.25, -0.2) is 4.79 Å². The van der Waals surface area contributed by atoms with Crippen molar-refractivity contribution in [2.24, 2.45) is 5.92 Å². The highest BCUT2D eigenvalue weighted by Crippen LogP contribution is 2.37. The molecule has 3 rings (SSSR count). The molecular formula is C27H36O3. The second-order valence-corrected chi connectivity index (χ2v) is 8.61. The van der Waals surface area contributed by atoms with Crippen LogP contribution in [0.4, 0.5) is 0 Å². The van der Waals surface area contributed by atoms with Gasteiger partial charge in [0.2, 0.25) is 0 Å². The summed E-state index contributed by atoms with van der Waals surface area (Å²) in [6, 6.07) is 15.1. The topological polar surface area (TPSA) is 35.5 Å². The Bertz CT molecular complexity index is 756. The molecule has 1 aliphatic rings. The molecule has 0 saturated heterocycles. The van der Waals surface area contributed by atoms with E-state index in [0.29, 0.717) is 17.2 Å². The lowest BCUT2D eigenvalue weighted by atomic mass is 9.77. The predicted octanol–water partition coefficient (Wildman–Crippen LogP) is 7.55. The lowest BCUT2D eigenvalue weighted by Crippen LogP contribution is -2.14. The first kappa shape index (κ1) is 22.4. The SMILES string of the molecule is CCCCCCCC1CCC(c2ccc(C(=O)Oc3ccc(OC)cc3)cc2)CC1. The van der Waals surface area contributed by atoms with E-state index in [1.807, 2.05) is 12.1 Å². The molecule has 2 aromatic rings. The van der Waals surface area contributed by atoms with Crippen LogP contribution in [0.3, 0.4) is 0 Å². The Morgan fingerprint density at radius 2 is 1.47 bits per heavy atom. The van der Waals surface area contributed by atoms with Crippen molar-refractivity contribution in [3.63, 3.8) is 0 Å². The van der Waals surface area contributed by atoms with Crippen molar-refractivity contribution < 1.29 is 14.3 Å². The summed E-state index contributed by atoms with van der Waals surface area (Å²) in [5.74, 6) is 2.50. The predicted molar refractivity (Wildman–Crippen MR) is 122 cm³/mol. The highest BCUT2D eigenvalue weighted by molar-refractivity contribution is 5.91. The lowest BCUT2D eigenvalue weighted by molar-refractivity contribution is 0.0734. The number of ether oxygens (including phenoxy) is 2. The number of carbonyl (C=O) groups excluding carboxylic acids is 1. The summed E-state index contributed by atoms with van der Waals surface area (Å²) in [5.41, 5.74) is 1.95. The average Bonchev–Trinajstić information content (AvgIpc) is 2.80. The first-order chi connectivity index (χ1) is 14.7. The van der Waals surface area contributed by atoms with Gasteiger partial charge in [0.05, 0.1) is 12.7 Å². The molecular weight excluding hydrogens is 372 g/mol. The third-order valence-electron chi connectivity index (χ3n) is 6.45. The first-order valence-electron chi connectivity index (χ1n) is 11.7. The van der Waals surface area contributed by atoms with Gasteiger partial charge < -0.3 is 9.47 Å². The largest absolute Gasteiger partial charge is 0.497 e. The van der Waals surface area contributed by atoms with E-state index in [0.717, 1.165) is 11.7 Å². The molecule has 1 aliphatic carbocycles. The molecule has 0 unspecified atom stereocenters. The maximum absolute atomic E-state index is 12.4. The van der Waals surface area contributed by atoms with E-state index in [-0.39, 0.29) is 5.97 Å². The van der Waals surface area contributed by atoms with Gasteiger partial charge in [0.25, 0.3) is 0 Å². The molecule has 0 bridgehead atoms. The molecule has 0 amide bonds. The number of unbranched alkanes of at least 4 members (excludes halogenated alkanes) is 4. The average molecular weight is 409 g/mol. The zero-order chi connectivity index (χ0) is 21.2. The lowest BCUT2D eigenvalue weighted by Gasteiger charge is -2.29. The molecule has 30 heavy (non-hydrogen) atoms. The molecule has 2 aromatic carbocycles. The Hall–Kier alpha value is -2.29. The van der Waals surface area contributed by atoms with Crippen LogP contribution in [0.2, 0.25) is 0 Å². The number of rotatable bonds is 10. The van der Waals surface area contributed by atoms with Crippen LogP contribution in [0.5, 0.6) is 11.5 Å². The van der Waals surface area contributed by atoms with Gasteiger partial charge in [-0.2, -0.15) is 0 Å². The van der Waals surface area contributed by atoms with Gasteiger partial charge in [-0.05, 0) is 79.5 Å². The van der Waals surface area contributed by atoms with Gasteiger partial charge in [0.15, 0.2) is 0 Å². The van der Waals surface area contributed by atoms with Crippen molar-refractivity contribution in [3.05, 3.63) is 59.7 Å². The maximum atomic E-state index is 12.4. The van der Waals surface area contributed by atoms with E-state index in [9.17, 15) is 4.79 Å². The summed E-state index contributed by atoms with van der Waals surface area (Å²) in [5, 5.41) is 0. The molecule has 0 aliphatic heterocycles. The first-order valence-corrected chi connectivity index (χ1v) is 11.7. The Morgan fingerprint density at radius 1 is 0.833 bits per heavy atom. The fourth-order valence-electron chi connectivity index (χ4n) is 4.52. The zero-order valence-corrected chi connectivity index (χ0v) is 18.6. The second-order valence-electron chi connectivity index (χ2n) is 8.61. The number of carbonyl (C=O) groups is 1. The van der Waals surface area contributed by atoms with Crippen molar-refractivity contribution in [1.82, 2.24) is 0 Å². The molecule has 1 fully saturated rings. The molecule has 0 atom stereocenters. The number of esters is 1. The molecule has 3 heteroatoms. The summed E-state index contributed by atoms with van der Waals surface area (Å²) in [4.78, 5) is 12.4. The van der Waals surface area contributed by atoms with E-state index >= 15 is 0 Å². The van der Waals surface area contributed by atoms with Gasteiger partial charge in [-0.1, -0.05) is 57.6 Å². The Morgan fingerprint density at radius 3 is 2.10 bits per heavy atom. The molecule has 1 saturated carbocycles. The van der Waals surface area contributed by atoms with Crippen LogP contribution in [0.1, 0.15) is 93.0 Å². The third kappa shape index (κ3) is 6.62. The third-order valence-corrected chi connectivity index (χ3v) is 6.45. The fourth-order valence-corrected chi connectivity index (χ4v) is 4.52. The summed E-state index contributed by atoms with van der Waals surface area (Å²) in [6.07, 6.45) is 13.6. The van der Waals surface area contributed by atoms with E-state index in [1.54, 1.807) is 31.4 Å².